The second-order valence-electron chi connectivity index (χ2n) is 10.3. The minimum absolute atomic E-state index is 0.253. The van der Waals surface area contributed by atoms with E-state index in [2.05, 4.69) is 59.4 Å². The number of benzene rings is 2. The molecule has 0 amide bonds. The van der Waals surface area contributed by atoms with Gasteiger partial charge in [0.05, 0.1) is 11.6 Å². The molecule has 202 valence electrons. The van der Waals surface area contributed by atoms with Gasteiger partial charge in [-0.05, 0) is 55.5 Å². The monoisotopic (exact) mass is 553 g/mol. The van der Waals surface area contributed by atoms with Crippen molar-refractivity contribution >= 4 is 33.6 Å². The molecule has 3 heterocycles. The Balaban J connectivity index is 1.25. The maximum atomic E-state index is 11.6. The number of carboxylic acid groups (broad SMARTS) is 1. The van der Waals surface area contributed by atoms with Gasteiger partial charge >= 0.3 is 5.97 Å². The van der Waals surface area contributed by atoms with Crippen molar-refractivity contribution in [2.45, 2.75) is 39.8 Å². The molecule has 0 aliphatic carbocycles. The fraction of sp³-hybridized carbons (Fsp3) is 0.448. The first-order chi connectivity index (χ1) is 18.4. The van der Waals surface area contributed by atoms with E-state index in [1.807, 2.05) is 6.07 Å². The van der Waals surface area contributed by atoms with Gasteiger partial charge < -0.3 is 19.3 Å². The zero-order valence-electron chi connectivity index (χ0n) is 22.0. The van der Waals surface area contributed by atoms with E-state index in [0.717, 1.165) is 64.4 Å². The maximum Gasteiger partial charge on any atom is 0.306 e. The predicted octanol–water partition coefficient (Wildman–Crippen LogP) is 4.87. The SMILES string of the molecule is Cc1ccc(OCc2ccc(CN3CC[S+]([O-])CC3)cc2C)c(-c2csc(N3CCC(C(=O)O)CC3)n2)c1. The highest BCUT2D eigenvalue weighted by molar-refractivity contribution is 7.91. The van der Waals surface area contributed by atoms with Crippen LogP contribution in [0.3, 0.4) is 0 Å². The number of nitrogens with zero attached hydrogens (tertiary/aromatic N) is 3. The van der Waals surface area contributed by atoms with Crippen LogP contribution in [0.2, 0.25) is 0 Å². The standard InChI is InChI=1S/C29H35N3O4S2/c1-20-3-6-27(25(15-20)26-19-37-29(30-26)32-9-7-23(8-10-32)28(33)34)36-18-24-5-4-22(16-21(24)2)17-31-11-13-38(35)14-12-31/h3-6,15-16,19,23H,7-14,17-18H2,1-2H3,(H,33,34). The number of aryl methyl sites for hydroxylation is 2. The molecule has 38 heavy (non-hydrogen) atoms. The van der Waals surface area contributed by atoms with Gasteiger partial charge in [-0.1, -0.05) is 41.0 Å². The number of piperidine rings is 1. The Labute approximate surface area is 231 Å². The lowest BCUT2D eigenvalue weighted by Crippen LogP contribution is -2.39. The van der Waals surface area contributed by atoms with E-state index in [0.29, 0.717) is 32.5 Å². The summed E-state index contributed by atoms with van der Waals surface area (Å²) in [7, 11) is 0. The first-order valence-corrected chi connectivity index (χ1v) is 15.6. The van der Waals surface area contributed by atoms with Crippen molar-refractivity contribution in [2.24, 2.45) is 5.92 Å². The van der Waals surface area contributed by atoms with Crippen LogP contribution in [-0.2, 0) is 29.1 Å². The fourth-order valence-electron chi connectivity index (χ4n) is 5.09. The number of anilines is 1. The molecule has 0 spiro atoms. The summed E-state index contributed by atoms with van der Waals surface area (Å²) in [5.74, 6) is 1.40. The molecular formula is C29H35N3O4S2. The van der Waals surface area contributed by atoms with Crippen LogP contribution >= 0.6 is 11.3 Å². The van der Waals surface area contributed by atoms with E-state index in [1.54, 1.807) is 11.3 Å². The summed E-state index contributed by atoms with van der Waals surface area (Å²) in [6, 6.07) is 12.8. The van der Waals surface area contributed by atoms with Gasteiger partial charge in [-0.15, -0.1) is 11.3 Å². The molecule has 7 nitrogen and oxygen atoms in total. The van der Waals surface area contributed by atoms with Crippen molar-refractivity contribution in [3.8, 4) is 17.0 Å². The van der Waals surface area contributed by atoms with E-state index >= 15 is 0 Å². The Morgan fingerprint density at radius 1 is 1.13 bits per heavy atom. The minimum Gasteiger partial charge on any atom is -0.616 e. The molecule has 9 heteroatoms. The Kier molecular flexibility index (Phi) is 8.57. The molecule has 1 aromatic heterocycles. The molecule has 3 aromatic rings. The quantitative estimate of drug-likeness (QED) is 0.398. The van der Waals surface area contributed by atoms with Gasteiger partial charge in [0.2, 0.25) is 0 Å². The number of carbonyl (C=O) groups is 1. The third kappa shape index (κ3) is 6.51. The predicted molar refractivity (Wildman–Crippen MR) is 154 cm³/mol. The first kappa shape index (κ1) is 27.0. The van der Waals surface area contributed by atoms with Gasteiger partial charge in [-0.2, -0.15) is 0 Å². The summed E-state index contributed by atoms with van der Waals surface area (Å²) in [4.78, 5) is 20.8. The molecule has 0 radical (unpaired) electrons. The van der Waals surface area contributed by atoms with Crippen LogP contribution in [0.5, 0.6) is 5.75 Å². The van der Waals surface area contributed by atoms with Gasteiger partial charge in [-0.3, -0.25) is 9.69 Å². The van der Waals surface area contributed by atoms with Gasteiger partial charge in [0, 0.05) is 43.7 Å². The van der Waals surface area contributed by atoms with E-state index in [9.17, 15) is 14.5 Å². The third-order valence-corrected chi connectivity index (χ3v) is 9.66. The summed E-state index contributed by atoms with van der Waals surface area (Å²) in [6.07, 6.45) is 1.31. The molecular weight excluding hydrogens is 518 g/mol. The maximum absolute atomic E-state index is 11.6. The topological polar surface area (TPSA) is 89.0 Å². The van der Waals surface area contributed by atoms with Crippen molar-refractivity contribution in [3.63, 3.8) is 0 Å². The highest BCUT2D eigenvalue weighted by atomic mass is 32.2. The number of carboxylic acids is 1. The molecule has 2 aliphatic rings. The summed E-state index contributed by atoms with van der Waals surface area (Å²) >= 11 is 0.946. The second-order valence-corrected chi connectivity index (χ2v) is 12.8. The van der Waals surface area contributed by atoms with E-state index in [-0.39, 0.29) is 5.92 Å². The zero-order chi connectivity index (χ0) is 26.6. The van der Waals surface area contributed by atoms with E-state index < -0.39 is 17.1 Å². The molecule has 0 bridgehead atoms. The van der Waals surface area contributed by atoms with Crippen LogP contribution < -0.4 is 9.64 Å². The fourth-order valence-corrected chi connectivity index (χ4v) is 7.09. The number of rotatable bonds is 8. The van der Waals surface area contributed by atoms with Crippen molar-refractivity contribution in [1.82, 2.24) is 9.88 Å². The Hall–Kier alpha value is -2.59. The van der Waals surface area contributed by atoms with Crippen LogP contribution in [0.1, 0.15) is 35.1 Å². The zero-order valence-corrected chi connectivity index (χ0v) is 23.7. The van der Waals surface area contributed by atoms with Gasteiger partial charge in [0.1, 0.15) is 23.9 Å². The molecule has 0 atom stereocenters. The molecule has 0 unspecified atom stereocenters. The van der Waals surface area contributed by atoms with Gasteiger partial charge in [-0.25, -0.2) is 4.98 Å². The summed E-state index contributed by atoms with van der Waals surface area (Å²) in [5, 5.41) is 12.3. The van der Waals surface area contributed by atoms with E-state index in [4.69, 9.17) is 9.72 Å². The lowest BCUT2D eigenvalue weighted by Gasteiger charge is -2.29. The number of thiazole rings is 1. The Bertz CT molecular complexity index is 1260. The van der Waals surface area contributed by atoms with Crippen molar-refractivity contribution in [1.29, 1.82) is 0 Å². The van der Waals surface area contributed by atoms with Crippen molar-refractivity contribution in [3.05, 3.63) is 64.0 Å². The smallest absolute Gasteiger partial charge is 0.306 e. The van der Waals surface area contributed by atoms with Crippen LogP contribution in [0.15, 0.2) is 41.8 Å². The summed E-state index contributed by atoms with van der Waals surface area (Å²) < 4.78 is 18.0. The van der Waals surface area contributed by atoms with Crippen LogP contribution in [-0.4, -0.2) is 63.2 Å². The first-order valence-electron chi connectivity index (χ1n) is 13.2. The van der Waals surface area contributed by atoms with Crippen LogP contribution in [0, 0.1) is 19.8 Å². The Morgan fingerprint density at radius 3 is 2.61 bits per heavy atom. The van der Waals surface area contributed by atoms with Crippen molar-refractivity contribution < 1.29 is 19.2 Å². The second kappa shape index (κ2) is 12.1. The number of ether oxygens (including phenoxy) is 1. The number of hydrogen-bond donors (Lipinski definition) is 1. The number of hydrogen-bond acceptors (Lipinski definition) is 7. The molecule has 2 saturated heterocycles. The van der Waals surface area contributed by atoms with Gasteiger partial charge in [0.25, 0.3) is 0 Å². The average molecular weight is 554 g/mol. The Morgan fingerprint density at radius 2 is 1.89 bits per heavy atom. The highest BCUT2D eigenvalue weighted by Crippen LogP contribution is 2.36. The lowest BCUT2D eigenvalue weighted by molar-refractivity contribution is -0.142. The molecule has 2 fully saturated rings. The molecule has 0 saturated carbocycles. The molecule has 5 rings (SSSR count). The third-order valence-electron chi connectivity index (χ3n) is 7.48. The normalized spacial score (nSPS) is 17.6. The van der Waals surface area contributed by atoms with Crippen LogP contribution in [0.4, 0.5) is 5.13 Å². The van der Waals surface area contributed by atoms with E-state index in [1.165, 1.54) is 11.1 Å². The number of aromatic nitrogens is 1. The molecule has 2 aromatic carbocycles. The van der Waals surface area contributed by atoms with Crippen LogP contribution in [0.25, 0.3) is 11.3 Å². The van der Waals surface area contributed by atoms with Gasteiger partial charge in [0.15, 0.2) is 5.13 Å². The summed E-state index contributed by atoms with van der Waals surface area (Å²) in [6.45, 7) is 8.79. The largest absolute Gasteiger partial charge is 0.616 e. The lowest BCUT2D eigenvalue weighted by atomic mass is 9.97. The highest BCUT2D eigenvalue weighted by Gasteiger charge is 2.26. The number of aliphatic carboxylic acids is 1. The summed E-state index contributed by atoms with van der Waals surface area (Å²) in [5.41, 5.74) is 6.64. The van der Waals surface area contributed by atoms with Crippen molar-refractivity contribution in [2.75, 3.05) is 42.6 Å². The average Bonchev–Trinajstić information content (AvgIpc) is 3.40. The minimum atomic E-state index is -0.698. The molecule has 2 aliphatic heterocycles. The molecule has 1 N–H and O–H groups in total.